The van der Waals surface area contributed by atoms with Gasteiger partial charge < -0.3 is 25.0 Å². The van der Waals surface area contributed by atoms with Crippen LogP contribution in [0.3, 0.4) is 0 Å². The first-order valence-electron chi connectivity index (χ1n) is 8.56. The molecule has 1 fully saturated rings. The molecule has 22 heavy (non-hydrogen) atoms. The summed E-state index contributed by atoms with van der Waals surface area (Å²) in [4.78, 5) is 6.85. The Labute approximate surface area is 135 Å². The summed E-state index contributed by atoms with van der Waals surface area (Å²) in [5.74, 6) is 0.908. The zero-order chi connectivity index (χ0) is 16.0. The maximum absolute atomic E-state index is 5.44. The molecule has 0 aromatic rings. The molecular formula is C16H34N4O2. The van der Waals surface area contributed by atoms with Crippen molar-refractivity contribution in [1.82, 2.24) is 15.5 Å². The van der Waals surface area contributed by atoms with Gasteiger partial charge in [-0.3, -0.25) is 4.99 Å². The molecule has 0 aromatic carbocycles. The fraction of sp³-hybridized carbons (Fsp3) is 0.938. The maximum atomic E-state index is 5.44. The minimum atomic E-state index is 0.539. The van der Waals surface area contributed by atoms with Crippen LogP contribution in [0.1, 0.15) is 32.6 Å². The molecule has 0 radical (unpaired) electrons. The van der Waals surface area contributed by atoms with Gasteiger partial charge in [-0.15, -0.1) is 0 Å². The lowest BCUT2D eigenvalue weighted by Crippen LogP contribution is -2.49. The van der Waals surface area contributed by atoms with Gasteiger partial charge in [0.2, 0.25) is 0 Å². The Balaban J connectivity index is 2.08. The van der Waals surface area contributed by atoms with E-state index in [9.17, 15) is 0 Å². The third kappa shape index (κ3) is 8.56. The van der Waals surface area contributed by atoms with Crippen LogP contribution in [0.15, 0.2) is 4.99 Å². The molecule has 0 unspecified atom stereocenters. The highest BCUT2D eigenvalue weighted by Crippen LogP contribution is 2.10. The number of nitrogens with one attached hydrogen (secondary N) is 2. The second kappa shape index (κ2) is 12.7. The molecule has 6 nitrogen and oxygen atoms in total. The summed E-state index contributed by atoms with van der Waals surface area (Å²) in [6.45, 7) is 8.81. The van der Waals surface area contributed by atoms with Crippen molar-refractivity contribution in [1.29, 1.82) is 0 Å². The van der Waals surface area contributed by atoms with E-state index in [1.807, 2.05) is 7.05 Å². The van der Waals surface area contributed by atoms with Gasteiger partial charge in [0.05, 0.1) is 13.2 Å². The Morgan fingerprint density at radius 2 is 2.00 bits per heavy atom. The van der Waals surface area contributed by atoms with Crippen molar-refractivity contribution in [3.05, 3.63) is 0 Å². The van der Waals surface area contributed by atoms with E-state index in [4.69, 9.17) is 9.47 Å². The van der Waals surface area contributed by atoms with Gasteiger partial charge in [-0.05, 0) is 32.2 Å². The first-order valence-corrected chi connectivity index (χ1v) is 8.56. The quantitative estimate of drug-likeness (QED) is 0.359. The number of piperidine rings is 1. The van der Waals surface area contributed by atoms with Crippen LogP contribution in [0.25, 0.3) is 0 Å². The van der Waals surface area contributed by atoms with Gasteiger partial charge >= 0.3 is 0 Å². The van der Waals surface area contributed by atoms with Crippen molar-refractivity contribution in [2.75, 3.05) is 60.2 Å². The number of hydrogen-bond acceptors (Lipinski definition) is 4. The summed E-state index contributed by atoms with van der Waals surface area (Å²) in [5.41, 5.74) is 0. The van der Waals surface area contributed by atoms with Crippen molar-refractivity contribution < 1.29 is 9.47 Å². The van der Waals surface area contributed by atoms with Crippen LogP contribution in [-0.2, 0) is 9.47 Å². The van der Waals surface area contributed by atoms with Gasteiger partial charge in [-0.25, -0.2) is 0 Å². The van der Waals surface area contributed by atoms with E-state index in [1.54, 1.807) is 7.11 Å². The number of guanidine groups is 1. The number of likely N-dealkylation sites (tertiary alicyclic amines) is 1. The van der Waals surface area contributed by atoms with E-state index < -0.39 is 0 Å². The van der Waals surface area contributed by atoms with Crippen LogP contribution in [0, 0.1) is 0 Å². The largest absolute Gasteiger partial charge is 0.382 e. The van der Waals surface area contributed by atoms with Crippen molar-refractivity contribution in [3.63, 3.8) is 0 Å². The molecule has 0 atom stereocenters. The molecular weight excluding hydrogens is 280 g/mol. The lowest BCUT2D eigenvalue weighted by atomic mass is 10.1. The van der Waals surface area contributed by atoms with Crippen LogP contribution in [0.5, 0.6) is 0 Å². The molecule has 130 valence electrons. The number of nitrogens with zero attached hydrogens (tertiary/aromatic N) is 2. The molecule has 0 aliphatic carbocycles. The summed E-state index contributed by atoms with van der Waals surface area (Å²) >= 11 is 0. The Morgan fingerprint density at radius 3 is 2.64 bits per heavy atom. The predicted molar refractivity (Wildman–Crippen MR) is 91.6 cm³/mol. The van der Waals surface area contributed by atoms with Crippen molar-refractivity contribution in [3.8, 4) is 0 Å². The molecule has 1 aliphatic rings. The van der Waals surface area contributed by atoms with Gasteiger partial charge in [0.1, 0.15) is 0 Å². The lowest BCUT2D eigenvalue weighted by molar-refractivity contribution is 0.0698. The molecule has 0 saturated carbocycles. The van der Waals surface area contributed by atoms with Crippen LogP contribution >= 0.6 is 0 Å². The molecule has 1 aliphatic heterocycles. The maximum Gasteiger partial charge on any atom is 0.191 e. The standard InChI is InChI=1S/C16H34N4O2/c1-4-9-20-10-6-15(7-11-20)19-16(17-2)18-8-5-12-22-14-13-21-3/h15H,4-14H2,1-3H3,(H2,17,18,19). The summed E-state index contributed by atoms with van der Waals surface area (Å²) in [6, 6.07) is 0.539. The normalized spacial score (nSPS) is 17.7. The molecule has 1 rings (SSSR count). The molecule has 0 amide bonds. The monoisotopic (exact) mass is 314 g/mol. The molecule has 1 saturated heterocycles. The predicted octanol–water partition coefficient (Wildman–Crippen LogP) is 1.08. The molecule has 2 N–H and O–H groups in total. The number of rotatable bonds is 10. The number of ether oxygens (including phenoxy) is 2. The third-order valence-corrected chi connectivity index (χ3v) is 3.88. The first kappa shape index (κ1) is 19.2. The lowest BCUT2D eigenvalue weighted by Gasteiger charge is -2.32. The van der Waals surface area contributed by atoms with E-state index in [-0.39, 0.29) is 0 Å². The highest BCUT2D eigenvalue weighted by atomic mass is 16.5. The summed E-state index contributed by atoms with van der Waals surface area (Å²) in [7, 11) is 3.52. The van der Waals surface area contributed by atoms with Gasteiger partial charge in [0.25, 0.3) is 0 Å². The summed E-state index contributed by atoms with van der Waals surface area (Å²) < 4.78 is 10.4. The minimum Gasteiger partial charge on any atom is -0.382 e. The zero-order valence-electron chi connectivity index (χ0n) is 14.6. The average molecular weight is 314 g/mol. The number of hydrogen-bond donors (Lipinski definition) is 2. The topological polar surface area (TPSA) is 58.1 Å². The van der Waals surface area contributed by atoms with E-state index >= 15 is 0 Å². The molecule has 0 bridgehead atoms. The SMILES string of the molecule is CCCN1CCC(NC(=NC)NCCCOCCOC)CC1. The number of aliphatic imine (C=N–C) groups is 1. The highest BCUT2D eigenvalue weighted by Gasteiger charge is 2.18. The van der Waals surface area contributed by atoms with Gasteiger partial charge in [0.15, 0.2) is 5.96 Å². The van der Waals surface area contributed by atoms with Gasteiger partial charge in [-0.1, -0.05) is 6.92 Å². The summed E-state index contributed by atoms with van der Waals surface area (Å²) in [6.07, 6.45) is 4.61. The fourth-order valence-corrected chi connectivity index (χ4v) is 2.63. The van der Waals surface area contributed by atoms with Crippen molar-refractivity contribution >= 4 is 5.96 Å². The Morgan fingerprint density at radius 1 is 1.23 bits per heavy atom. The van der Waals surface area contributed by atoms with Crippen LogP contribution in [-0.4, -0.2) is 77.1 Å². The molecule has 0 spiro atoms. The van der Waals surface area contributed by atoms with Gasteiger partial charge in [-0.2, -0.15) is 0 Å². The van der Waals surface area contributed by atoms with Crippen molar-refractivity contribution in [2.24, 2.45) is 4.99 Å². The fourth-order valence-electron chi connectivity index (χ4n) is 2.63. The van der Waals surface area contributed by atoms with E-state index in [0.29, 0.717) is 19.3 Å². The average Bonchev–Trinajstić information content (AvgIpc) is 2.55. The zero-order valence-corrected chi connectivity index (χ0v) is 14.6. The molecule has 0 aromatic heterocycles. The Hall–Kier alpha value is -0.850. The van der Waals surface area contributed by atoms with E-state index in [1.165, 1.54) is 38.9 Å². The minimum absolute atomic E-state index is 0.539. The Kier molecular flexibility index (Phi) is 11.1. The van der Waals surface area contributed by atoms with E-state index in [2.05, 4.69) is 27.4 Å². The number of methoxy groups -OCH3 is 1. The van der Waals surface area contributed by atoms with Crippen molar-refractivity contribution in [2.45, 2.75) is 38.6 Å². The van der Waals surface area contributed by atoms with Crippen LogP contribution in [0.4, 0.5) is 0 Å². The Bertz CT molecular complexity index is 292. The smallest absolute Gasteiger partial charge is 0.191 e. The molecule has 6 heteroatoms. The van der Waals surface area contributed by atoms with E-state index in [0.717, 1.165) is 25.5 Å². The second-order valence-electron chi connectivity index (χ2n) is 5.72. The van der Waals surface area contributed by atoms with Gasteiger partial charge in [0, 0.05) is 46.4 Å². The highest BCUT2D eigenvalue weighted by molar-refractivity contribution is 5.79. The second-order valence-corrected chi connectivity index (χ2v) is 5.72. The third-order valence-electron chi connectivity index (χ3n) is 3.88. The molecule has 1 heterocycles. The first-order chi connectivity index (χ1) is 10.8. The summed E-state index contributed by atoms with van der Waals surface area (Å²) in [5, 5.41) is 6.89. The van der Waals surface area contributed by atoms with Crippen LogP contribution < -0.4 is 10.6 Å². The van der Waals surface area contributed by atoms with Crippen LogP contribution in [0.2, 0.25) is 0 Å².